The van der Waals surface area contributed by atoms with Crippen molar-refractivity contribution < 1.29 is 8.95 Å². The largest absolute Gasteiger partial charge is 0.493 e. The van der Waals surface area contributed by atoms with Gasteiger partial charge in [0.15, 0.2) is 17.3 Å². The Kier molecular flexibility index (Phi) is 7.95. The summed E-state index contributed by atoms with van der Waals surface area (Å²) in [4.78, 5) is 29.5. The molecular weight excluding hydrogens is 552 g/mol. The van der Waals surface area contributed by atoms with Gasteiger partial charge < -0.3 is 15.0 Å². The molecule has 1 aliphatic rings. The van der Waals surface area contributed by atoms with E-state index in [9.17, 15) is 9.00 Å². The highest BCUT2D eigenvalue weighted by molar-refractivity contribution is 7.92. The molecule has 1 N–H and O–H groups in total. The van der Waals surface area contributed by atoms with Gasteiger partial charge in [-0.3, -0.25) is 4.79 Å². The third kappa shape index (κ3) is 6.55. The normalized spacial score (nSPS) is 14.0. The van der Waals surface area contributed by atoms with Crippen LogP contribution in [-0.4, -0.2) is 66.1 Å². The fourth-order valence-corrected chi connectivity index (χ4v) is 5.39. The summed E-state index contributed by atoms with van der Waals surface area (Å²) >= 11 is 0. The molecule has 0 bridgehead atoms. The molecule has 0 radical (unpaired) electrons. The summed E-state index contributed by atoms with van der Waals surface area (Å²) in [5, 5.41) is 3.67. The Morgan fingerprint density at radius 2 is 2.00 bits per heavy atom. The monoisotopic (exact) mass is 590 g/mol. The van der Waals surface area contributed by atoms with Crippen LogP contribution in [0.3, 0.4) is 0 Å². The third-order valence-electron chi connectivity index (χ3n) is 6.63. The first-order valence-corrected chi connectivity index (χ1v) is 16.1. The van der Waals surface area contributed by atoms with E-state index in [0.717, 1.165) is 30.9 Å². The Balaban J connectivity index is 1.60. The van der Waals surface area contributed by atoms with Crippen LogP contribution in [0.2, 0.25) is 0 Å². The number of rotatable bonds is 8. The smallest absolute Gasteiger partial charge is 0.278 e. The molecule has 42 heavy (non-hydrogen) atoms. The van der Waals surface area contributed by atoms with Crippen molar-refractivity contribution in [2.45, 2.75) is 40.3 Å². The van der Waals surface area contributed by atoms with Crippen LogP contribution in [0.25, 0.3) is 16.9 Å². The van der Waals surface area contributed by atoms with E-state index < -0.39 is 9.73 Å². The van der Waals surface area contributed by atoms with Gasteiger partial charge in [0.1, 0.15) is 11.1 Å². The van der Waals surface area contributed by atoms with E-state index in [0.29, 0.717) is 35.2 Å². The van der Waals surface area contributed by atoms with E-state index in [-0.39, 0.29) is 17.5 Å². The number of fused-ring (bicyclic) bond motifs is 2. The average molecular weight is 591 g/mol. The van der Waals surface area contributed by atoms with E-state index in [4.69, 9.17) is 9.72 Å². The Morgan fingerprint density at radius 1 is 1.21 bits per heavy atom. The maximum absolute atomic E-state index is 13.4. The topological polar surface area (TPSA) is 120 Å². The predicted molar refractivity (Wildman–Crippen MR) is 168 cm³/mol. The fourth-order valence-electron chi connectivity index (χ4n) is 4.84. The Labute approximate surface area is 246 Å². The Hall–Kier alpha value is -4.03. The SMILES string of the molecule is C=CCn1c(=O)c2cnc(Nc3cc4c(c(OCC(C)(C)C)c3)CCN(C)C4)nc2n1-c1cccc(N=S(C)(C)=O)n1. The maximum atomic E-state index is 13.4. The van der Waals surface area contributed by atoms with Crippen molar-refractivity contribution >= 4 is 38.2 Å². The van der Waals surface area contributed by atoms with Crippen molar-refractivity contribution in [1.82, 2.24) is 29.2 Å². The summed E-state index contributed by atoms with van der Waals surface area (Å²) < 4.78 is 26.0. The molecule has 222 valence electrons. The molecule has 0 saturated heterocycles. The molecule has 1 aliphatic heterocycles. The first-order valence-electron chi connectivity index (χ1n) is 13.8. The van der Waals surface area contributed by atoms with Gasteiger partial charge in [-0.05, 0) is 42.6 Å². The minimum Gasteiger partial charge on any atom is -0.493 e. The molecule has 0 saturated carbocycles. The first kappa shape index (κ1) is 29.5. The minimum absolute atomic E-state index is 0.0154. The molecule has 0 aliphatic carbocycles. The molecular formula is C30H38N8O3S. The standard InChI is InChI=1S/C30H38N8O3S/c1-8-13-37-28(39)23-17-31-29(34-27(23)38(37)26-11-9-10-25(33-26)35-42(6,7)40)32-21-15-20-18-36(5)14-12-22(20)24(16-21)41-19-30(2,3)4/h8-11,15-17H,1,12-14,18-19H2,2-7H3,(H,31,32,34). The second-order valence-corrected chi connectivity index (χ2v) is 14.7. The summed E-state index contributed by atoms with van der Waals surface area (Å²) in [5.41, 5.74) is 3.34. The summed E-state index contributed by atoms with van der Waals surface area (Å²) in [7, 11) is -0.322. The molecule has 5 rings (SSSR count). The molecule has 4 aromatic rings. The van der Waals surface area contributed by atoms with Crippen LogP contribution in [0, 0.1) is 5.41 Å². The van der Waals surface area contributed by atoms with Crippen LogP contribution in [0.5, 0.6) is 5.75 Å². The highest BCUT2D eigenvalue weighted by atomic mass is 32.2. The van der Waals surface area contributed by atoms with Crippen molar-refractivity contribution in [3.63, 3.8) is 0 Å². The summed E-state index contributed by atoms with van der Waals surface area (Å²) in [5.74, 6) is 1.90. The summed E-state index contributed by atoms with van der Waals surface area (Å²) in [6.07, 6.45) is 7.16. The molecule has 0 fully saturated rings. The number of benzene rings is 1. The van der Waals surface area contributed by atoms with Crippen LogP contribution in [0.1, 0.15) is 31.9 Å². The first-order chi connectivity index (χ1) is 19.8. The van der Waals surface area contributed by atoms with Gasteiger partial charge in [0.2, 0.25) is 5.95 Å². The zero-order chi connectivity index (χ0) is 30.2. The van der Waals surface area contributed by atoms with Crippen molar-refractivity contribution in [1.29, 1.82) is 0 Å². The molecule has 0 amide bonds. The van der Waals surface area contributed by atoms with Crippen LogP contribution >= 0.6 is 0 Å². The van der Waals surface area contributed by atoms with Crippen LogP contribution in [-0.2, 0) is 29.2 Å². The van der Waals surface area contributed by atoms with E-state index >= 15 is 0 Å². The molecule has 4 heterocycles. The second kappa shape index (κ2) is 11.3. The number of ether oxygens (including phenoxy) is 1. The lowest BCUT2D eigenvalue weighted by Gasteiger charge is -2.28. The van der Waals surface area contributed by atoms with Gasteiger partial charge in [0.25, 0.3) is 5.56 Å². The summed E-state index contributed by atoms with van der Waals surface area (Å²) in [6, 6.07) is 9.28. The van der Waals surface area contributed by atoms with E-state index in [1.807, 2.05) is 6.07 Å². The van der Waals surface area contributed by atoms with Crippen LogP contribution < -0.4 is 15.6 Å². The number of pyridine rings is 1. The number of nitrogens with one attached hydrogen (secondary N) is 1. The molecule has 12 heteroatoms. The number of hydrogen-bond acceptors (Lipinski definition) is 9. The number of likely N-dealkylation sites (N-methyl/N-ethyl adjacent to an activating group) is 1. The van der Waals surface area contributed by atoms with Gasteiger partial charge in [0.05, 0.1) is 13.2 Å². The van der Waals surface area contributed by atoms with Gasteiger partial charge in [0, 0.05) is 58.8 Å². The molecule has 0 unspecified atom stereocenters. The van der Waals surface area contributed by atoms with Gasteiger partial charge in [-0.15, -0.1) is 6.58 Å². The zero-order valence-electron chi connectivity index (χ0n) is 25.0. The lowest BCUT2D eigenvalue weighted by molar-refractivity contribution is 0.194. The van der Waals surface area contributed by atoms with E-state index in [1.54, 1.807) is 41.5 Å². The highest BCUT2D eigenvalue weighted by Gasteiger charge is 2.22. The fraction of sp³-hybridized carbons (Fsp3) is 0.400. The van der Waals surface area contributed by atoms with Gasteiger partial charge >= 0.3 is 0 Å². The lowest BCUT2D eigenvalue weighted by atomic mass is 9.96. The number of nitrogens with zero attached hydrogens (tertiary/aromatic N) is 7. The van der Waals surface area contributed by atoms with Crippen molar-refractivity contribution in [3.05, 3.63) is 70.7 Å². The second-order valence-electron chi connectivity index (χ2n) is 12.1. The number of anilines is 2. The number of aromatic nitrogens is 5. The zero-order valence-corrected chi connectivity index (χ0v) is 25.9. The van der Waals surface area contributed by atoms with Crippen molar-refractivity contribution in [3.8, 4) is 11.6 Å². The minimum atomic E-state index is -2.43. The number of hydrogen-bond donors (Lipinski definition) is 1. The highest BCUT2D eigenvalue weighted by Crippen LogP contribution is 2.34. The van der Waals surface area contributed by atoms with Crippen LogP contribution in [0.15, 0.2) is 58.3 Å². The molecule has 11 nitrogen and oxygen atoms in total. The predicted octanol–water partition coefficient (Wildman–Crippen LogP) is 4.68. The van der Waals surface area contributed by atoms with E-state index in [2.05, 4.69) is 65.0 Å². The Bertz CT molecular complexity index is 1840. The maximum Gasteiger partial charge on any atom is 0.278 e. The number of allylic oxidation sites excluding steroid dienone is 1. The average Bonchev–Trinajstić information content (AvgIpc) is 3.16. The van der Waals surface area contributed by atoms with Gasteiger partial charge in [-0.25, -0.2) is 23.5 Å². The molecule has 3 aromatic heterocycles. The quantitative estimate of drug-likeness (QED) is 0.294. The van der Waals surface area contributed by atoms with Crippen LogP contribution in [0.4, 0.5) is 17.5 Å². The summed E-state index contributed by atoms with van der Waals surface area (Å²) in [6.45, 7) is 12.9. The lowest BCUT2D eigenvalue weighted by Crippen LogP contribution is -2.27. The van der Waals surface area contributed by atoms with E-state index in [1.165, 1.54) is 22.0 Å². The van der Waals surface area contributed by atoms with Gasteiger partial charge in [-0.2, -0.15) is 9.35 Å². The third-order valence-corrected chi connectivity index (χ3v) is 7.26. The van der Waals surface area contributed by atoms with Crippen molar-refractivity contribution in [2.24, 2.45) is 9.78 Å². The Morgan fingerprint density at radius 3 is 2.71 bits per heavy atom. The molecule has 0 atom stereocenters. The molecule has 1 aromatic carbocycles. The molecule has 0 spiro atoms. The van der Waals surface area contributed by atoms with Crippen molar-refractivity contribution in [2.75, 3.05) is 38.0 Å². The van der Waals surface area contributed by atoms with Gasteiger partial charge in [-0.1, -0.05) is 32.9 Å².